The number of nitrogens with one attached hydrogen (secondary N) is 1. The van der Waals surface area contributed by atoms with E-state index in [0.717, 1.165) is 5.56 Å². The third-order valence-corrected chi connectivity index (χ3v) is 4.22. The number of anilines is 1. The zero-order valence-corrected chi connectivity index (χ0v) is 16.2. The second-order valence-corrected chi connectivity index (χ2v) is 6.27. The highest BCUT2D eigenvalue weighted by molar-refractivity contribution is 6.31. The molecule has 0 amide bonds. The lowest BCUT2D eigenvalue weighted by Crippen LogP contribution is -2.03. The number of hydrogen-bond donors (Lipinski definition) is 1. The van der Waals surface area contributed by atoms with E-state index >= 15 is 0 Å². The van der Waals surface area contributed by atoms with Gasteiger partial charge in [-0.15, -0.1) is 0 Å². The van der Waals surface area contributed by atoms with E-state index in [1.54, 1.807) is 36.7 Å². The van der Waals surface area contributed by atoms with Crippen LogP contribution in [0.3, 0.4) is 0 Å². The molecule has 142 valence electrons. The molecule has 28 heavy (non-hydrogen) atoms. The molecule has 1 aromatic carbocycles. The average molecular weight is 397 g/mol. The molecule has 0 unspecified atom stereocenters. The molecule has 0 spiro atoms. The second kappa shape index (κ2) is 8.63. The normalized spacial score (nSPS) is 12.5. The van der Waals surface area contributed by atoms with E-state index in [0.29, 0.717) is 33.3 Å². The van der Waals surface area contributed by atoms with Gasteiger partial charge in [-0.2, -0.15) is 0 Å². The minimum Gasteiger partial charge on any atom is -0.498 e. The molecule has 0 radical (unpaired) electrons. The van der Waals surface area contributed by atoms with Crippen LogP contribution in [0.5, 0.6) is 0 Å². The SMILES string of the molecule is C=C/C(=C\C(F)=C(/C)OC)Nc1nc(-c2cccnc2)nc2ccc(Cl)cc12. The summed E-state index contributed by atoms with van der Waals surface area (Å²) < 4.78 is 19.1. The van der Waals surface area contributed by atoms with Crippen molar-refractivity contribution in [1.82, 2.24) is 15.0 Å². The van der Waals surface area contributed by atoms with Gasteiger partial charge in [0, 0.05) is 40.1 Å². The number of ether oxygens (including phenoxy) is 1. The summed E-state index contributed by atoms with van der Waals surface area (Å²) in [5.41, 5.74) is 1.85. The van der Waals surface area contributed by atoms with Gasteiger partial charge in [0.25, 0.3) is 0 Å². The van der Waals surface area contributed by atoms with Gasteiger partial charge in [-0.1, -0.05) is 18.2 Å². The summed E-state index contributed by atoms with van der Waals surface area (Å²) in [5.74, 6) is 0.597. The van der Waals surface area contributed by atoms with Gasteiger partial charge in [0.2, 0.25) is 0 Å². The van der Waals surface area contributed by atoms with Crippen LogP contribution in [0.15, 0.2) is 78.7 Å². The summed E-state index contributed by atoms with van der Waals surface area (Å²) in [7, 11) is 1.41. The van der Waals surface area contributed by atoms with Crippen LogP contribution >= 0.6 is 11.6 Å². The molecular formula is C21H18ClFN4O. The number of halogens is 2. The Labute approximate surface area is 167 Å². The Hall–Kier alpha value is -3.25. The molecule has 1 N–H and O–H groups in total. The second-order valence-electron chi connectivity index (χ2n) is 5.84. The maximum absolute atomic E-state index is 14.2. The van der Waals surface area contributed by atoms with Crippen LogP contribution in [0.2, 0.25) is 5.02 Å². The molecule has 0 fully saturated rings. The number of benzene rings is 1. The van der Waals surface area contributed by atoms with Gasteiger partial charge in [0.1, 0.15) is 11.6 Å². The number of methoxy groups -OCH3 is 1. The van der Waals surface area contributed by atoms with Crippen LogP contribution in [0.1, 0.15) is 6.92 Å². The number of hydrogen-bond acceptors (Lipinski definition) is 5. The molecule has 0 aliphatic heterocycles. The van der Waals surface area contributed by atoms with E-state index in [1.807, 2.05) is 6.07 Å². The number of aromatic nitrogens is 3. The van der Waals surface area contributed by atoms with E-state index in [2.05, 4.69) is 26.8 Å². The van der Waals surface area contributed by atoms with Gasteiger partial charge in [-0.05, 0) is 43.3 Å². The summed E-state index contributed by atoms with van der Waals surface area (Å²) in [6.45, 7) is 5.27. The Kier molecular flexibility index (Phi) is 6.01. The summed E-state index contributed by atoms with van der Waals surface area (Å²) >= 11 is 6.15. The molecule has 7 heteroatoms. The molecule has 0 saturated heterocycles. The maximum atomic E-state index is 14.2. The first-order valence-electron chi connectivity index (χ1n) is 8.41. The monoisotopic (exact) mass is 396 g/mol. The van der Waals surface area contributed by atoms with Gasteiger partial charge < -0.3 is 10.1 Å². The van der Waals surface area contributed by atoms with Crippen LogP contribution in [-0.4, -0.2) is 22.1 Å². The smallest absolute Gasteiger partial charge is 0.163 e. The average Bonchev–Trinajstić information content (AvgIpc) is 2.73. The molecule has 3 rings (SSSR count). The number of rotatable bonds is 6. The fraction of sp³-hybridized carbons (Fsp3) is 0.0952. The topological polar surface area (TPSA) is 59.9 Å². The Balaban J connectivity index is 2.14. The minimum atomic E-state index is -0.520. The highest BCUT2D eigenvalue weighted by Gasteiger charge is 2.11. The Morgan fingerprint density at radius 3 is 2.79 bits per heavy atom. The number of pyridine rings is 1. The number of nitrogens with zero attached hydrogens (tertiary/aromatic N) is 3. The van der Waals surface area contributed by atoms with Gasteiger partial charge in [-0.25, -0.2) is 14.4 Å². The van der Waals surface area contributed by atoms with E-state index < -0.39 is 5.83 Å². The standard InChI is InChI=1S/C21H18ClFN4O/c1-4-16(11-18(23)13(2)28-3)25-21-17-10-15(22)7-8-19(17)26-20(27-21)14-6-5-9-24-12-14/h4-12H,1H2,2-3H3,(H,25,26,27)/b16-11+,18-13-. The summed E-state index contributed by atoms with van der Waals surface area (Å²) in [5, 5.41) is 4.34. The van der Waals surface area contributed by atoms with Crippen molar-refractivity contribution in [2.24, 2.45) is 0 Å². The summed E-state index contributed by atoms with van der Waals surface area (Å²) in [4.78, 5) is 13.3. The summed E-state index contributed by atoms with van der Waals surface area (Å²) in [6.07, 6.45) is 6.13. The van der Waals surface area contributed by atoms with E-state index in [-0.39, 0.29) is 5.76 Å². The third-order valence-electron chi connectivity index (χ3n) is 3.98. The number of fused-ring (bicyclic) bond motifs is 1. The van der Waals surface area contributed by atoms with Crippen LogP contribution in [0, 0.1) is 0 Å². The molecule has 0 bridgehead atoms. The fourth-order valence-corrected chi connectivity index (χ4v) is 2.61. The lowest BCUT2D eigenvalue weighted by Gasteiger charge is -2.12. The van der Waals surface area contributed by atoms with Crippen molar-refractivity contribution in [3.63, 3.8) is 0 Å². The van der Waals surface area contributed by atoms with Crippen molar-refractivity contribution in [2.75, 3.05) is 12.4 Å². The zero-order chi connectivity index (χ0) is 20.1. The molecule has 0 saturated carbocycles. The van der Waals surface area contributed by atoms with Crippen molar-refractivity contribution >= 4 is 28.3 Å². The molecule has 0 aliphatic carbocycles. The number of allylic oxidation sites excluding steroid dienone is 4. The van der Waals surface area contributed by atoms with Crippen molar-refractivity contribution in [2.45, 2.75) is 6.92 Å². The lowest BCUT2D eigenvalue weighted by molar-refractivity contribution is 0.280. The van der Waals surface area contributed by atoms with Gasteiger partial charge in [0.05, 0.1) is 12.6 Å². The molecule has 5 nitrogen and oxygen atoms in total. The third kappa shape index (κ3) is 4.35. The van der Waals surface area contributed by atoms with Crippen LogP contribution in [0.4, 0.5) is 10.2 Å². The highest BCUT2D eigenvalue weighted by Crippen LogP contribution is 2.28. The Bertz CT molecular complexity index is 1080. The summed E-state index contributed by atoms with van der Waals surface area (Å²) in [6, 6.07) is 8.97. The van der Waals surface area contributed by atoms with Crippen LogP contribution in [-0.2, 0) is 4.74 Å². The van der Waals surface area contributed by atoms with E-state index in [9.17, 15) is 4.39 Å². The molecule has 2 heterocycles. The first-order valence-corrected chi connectivity index (χ1v) is 8.79. The predicted octanol–water partition coefficient (Wildman–Crippen LogP) is 5.67. The quantitative estimate of drug-likeness (QED) is 0.429. The lowest BCUT2D eigenvalue weighted by atomic mass is 10.2. The minimum absolute atomic E-state index is 0.160. The maximum Gasteiger partial charge on any atom is 0.163 e. The molecular weight excluding hydrogens is 379 g/mol. The van der Waals surface area contributed by atoms with Crippen molar-refractivity contribution < 1.29 is 9.13 Å². The Morgan fingerprint density at radius 2 is 2.11 bits per heavy atom. The van der Waals surface area contributed by atoms with Crippen molar-refractivity contribution in [1.29, 1.82) is 0 Å². The highest BCUT2D eigenvalue weighted by atomic mass is 35.5. The van der Waals surface area contributed by atoms with Gasteiger partial charge in [0.15, 0.2) is 11.7 Å². The van der Waals surface area contributed by atoms with Crippen molar-refractivity contribution in [3.8, 4) is 11.4 Å². The first kappa shape index (κ1) is 19.5. The van der Waals surface area contributed by atoms with Crippen LogP contribution in [0.25, 0.3) is 22.3 Å². The van der Waals surface area contributed by atoms with Gasteiger partial charge >= 0.3 is 0 Å². The van der Waals surface area contributed by atoms with Crippen LogP contribution < -0.4 is 5.32 Å². The Morgan fingerprint density at radius 1 is 1.29 bits per heavy atom. The zero-order valence-electron chi connectivity index (χ0n) is 15.4. The largest absolute Gasteiger partial charge is 0.498 e. The van der Waals surface area contributed by atoms with Crippen molar-refractivity contribution in [3.05, 3.63) is 83.8 Å². The molecule has 2 aromatic heterocycles. The molecule has 0 aliphatic rings. The van der Waals surface area contributed by atoms with E-state index in [4.69, 9.17) is 16.3 Å². The predicted molar refractivity (Wildman–Crippen MR) is 110 cm³/mol. The molecule has 0 atom stereocenters. The van der Waals surface area contributed by atoms with Gasteiger partial charge in [-0.3, -0.25) is 4.98 Å². The first-order chi connectivity index (χ1) is 13.5. The fourth-order valence-electron chi connectivity index (χ4n) is 2.44. The van der Waals surface area contributed by atoms with E-state index in [1.165, 1.54) is 26.2 Å². The molecule has 3 aromatic rings.